The lowest BCUT2D eigenvalue weighted by atomic mass is 10.1. The van der Waals surface area contributed by atoms with Gasteiger partial charge in [-0.1, -0.05) is 54.6 Å². The van der Waals surface area contributed by atoms with E-state index < -0.39 is 10.0 Å². The van der Waals surface area contributed by atoms with Crippen molar-refractivity contribution in [3.05, 3.63) is 84.4 Å². The molecule has 25 heavy (non-hydrogen) atoms. The lowest BCUT2D eigenvalue weighted by Crippen LogP contribution is -2.13. The van der Waals surface area contributed by atoms with E-state index in [-0.39, 0.29) is 10.7 Å². The first kappa shape index (κ1) is 16.9. The van der Waals surface area contributed by atoms with Crippen molar-refractivity contribution in [2.24, 2.45) is 0 Å². The van der Waals surface area contributed by atoms with E-state index in [9.17, 15) is 13.2 Å². The molecule has 0 aromatic heterocycles. The van der Waals surface area contributed by atoms with Crippen molar-refractivity contribution >= 4 is 21.5 Å². The standard InChI is InChI=1S/C20H17NO3S/c1-15(22)18-8-5-9-20(14-18)25(23,24)21-19-12-10-17(11-13-19)16-6-3-2-4-7-16/h2-14,21H,1H3. The van der Waals surface area contributed by atoms with Crippen molar-refractivity contribution < 1.29 is 13.2 Å². The zero-order valence-corrected chi connectivity index (χ0v) is 14.5. The molecule has 0 aliphatic heterocycles. The Bertz CT molecular complexity index is 995. The summed E-state index contributed by atoms with van der Waals surface area (Å²) in [7, 11) is -3.75. The molecule has 126 valence electrons. The van der Waals surface area contributed by atoms with Gasteiger partial charge in [-0.3, -0.25) is 9.52 Å². The van der Waals surface area contributed by atoms with Crippen LogP contribution in [0, 0.1) is 0 Å². The van der Waals surface area contributed by atoms with E-state index in [2.05, 4.69) is 4.72 Å². The number of sulfonamides is 1. The molecule has 0 unspecified atom stereocenters. The summed E-state index contributed by atoms with van der Waals surface area (Å²) >= 11 is 0. The molecule has 1 N–H and O–H groups in total. The molecule has 0 radical (unpaired) electrons. The summed E-state index contributed by atoms with van der Waals surface area (Å²) in [5.41, 5.74) is 2.89. The highest BCUT2D eigenvalue weighted by Gasteiger charge is 2.15. The highest BCUT2D eigenvalue weighted by Crippen LogP contribution is 2.23. The monoisotopic (exact) mass is 351 g/mol. The summed E-state index contributed by atoms with van der Waals surface area (Å²) < 4.78 is 27.6. The fourth-order valence-electron chi connectivity index (χ4n) is 2.46. The zero-order chi connectivity index (χ0) is 17.9. The Balaban J connectivity index is 1.84. The summed E-state index contributed by atoms with van der Waals surface area (Å²) in [6.07, 6.45) is 0. The highest BCUT2D eigenvalue weighted by molar-refractivity contribution is 7.92. The van der Waals surface area contributed by atoms with E-state index in [1.807, 2.05) is 42.5 Å². The average molecular weight is 351 g/mol. The zero-order valence-electron chi connectivity index (χ0n) is 13.6. The molecular formula is C20H17NO3S. The molecule has 0 aliphatic carbocycles. The molecule has 0 bridgehead atoms. The van der Waals surface area contributed by atoms with Gasteiger partial charge in [0.15, 0.2) is 5.78 Å². The van der Waals surface area contributed by atoms with Gasteiger partial charge in [-0.2, -0.15) is 0 Å². The van der Waals surface area contributed by atoms with Gasteiger partial charge in [-0.15, -0.1) is 0 Å². The van der Waals surface area contributed by atoms with Gasteiger partial charge in [0.25, 0.3) is 10.0 Å². The van der Waals surface area contributed by atoms with Crippen LogP contribution >= 0.6 is 0 Å². The van der Waals surface area contributed by atoms with Crippen LogP contribution in [0.15, 0.2) is 83.8 Å². The van der Waals surface area contributed by atoms with Gasteiger partial charge < -0.3 is 0 Å². The highest BCUT2D eigenvalue weighted by atomic mass is 32.2. The van der Waals surface area contributed by atoms with E-state index in [1.54, 1.807) is 24.3 Å². The summed E-state index contributed by atoms with van der Waals surface area (Å²) in [5.74, 6) is -0.177. The van der Waals surface area contributed by atoms with Crippen LogP contribution in [0.5, 0.6) is 0 Å². The lowest BCUT2D eigenvalue weighted by molar-refractivity contribution is 0.101. The van der Waals surface area contributed by atoms with Gasteiger partial charge in [-0.25, -0.2) is 8.42 Å². The van der Waals surface area contributed by atoms with Gasteiger partial charge >= 0.3 is 0 Å². The number of ketones is 1. The van der Waals surface area contributed by atoms with E-state index in [0.29, 0.717) is 11.3 Å². The third-order valence-corrected chi connectivity index (χ3v) is 5.17. The summed E-state index contributed by atoms with van der Waals surface area (Å²) in [4.78, 5) is 11.5. The second-order valence-corrected chi connectivity index (χ2v) is 7.32. The Morgan fingerprint density at radius 2 is 1.44 bits per heavy atom. The topological polar surface area (TPSA) is 63.2 Å². The minimum absolute atomic E-state index is 0.0623. The largest absolute Gasteiger partial charge is 0.295 e. The lowest BCUT2D eigenvalue weighted by Gasteiger charge is -2.10. The maximum atomic E-state index is 12.5. The predicted octanol–water partition coefficient (Wildman–Crippen LogP) is 4.36. The molecule has 4 nitrogen and oxygen atoms in total. The molecule has 3 aromatic rings. The number of anilines is 1. The normalized spacial score (nSPS) is 11.1. The van der Waals surface area contributed by atoms with E-state index >= 15 is 0 Å². The van der Waals surface area contributed by atoms with E-state index in [1.165, 1.54) is 19.1 Å². The molecule has 0 aliphatic rings. The first-order valence-corrected chi connectivity index (χ1v) is 9.23. The molecule has 0 spiro atoms. The fourth-order valence-corrected chi connectivity index (χ4v) is 3.56. The number of carbonyl (C=O) groups is 1. The Hall–Kier alpha value is -2.92. The summed E-state index contributed by atoms with van der Waals surface area (Å²) in [6, 6.07) is 23.0. The van der Waals surface area contributed by atoms with E-state index in [4.69, 9.17) is 0 Å². The van der Waals surface area contributed by atoms with Gasteiger partial charge in [0.1, 0.15) is 0 Å². The third-order valence-electron chi connectivity index (χ3n) is 3.80. The molecule has 3 rings (SSSR count). The van der Waals surface area contributed by atoms with Crippen molar-refractivity contribution in [2.45, 2.75) is 11.8 Å². The van der Waals surface area contributed by atoms with Crippen molar-refractivity contribution in [1.29, 1.82) is 0 Å². The van der Waals surface area contributed by atoms with Crippen LogP contribution in [0.25, 0.3) is 11.1 Å². The second-order valence-electron chi connectivity index (χ2n) is 5.63. The van der Waals surface area contributed by atoms with Gasteiger partial charge in [0, 0.05) is 11.3 Å². The van der Waals surface area contributed by atoms with Crippen molar-refractivity contribution in [1.82, 2.24) is 0 Å². The number of hydrogen-bond acceptors (Lipinski definition) is 3. The third kappa shape index (κ3) is 3.95. The minimum Gasteiger partial charge on any atom is -0.295 e. The maximum Gasteiger partial charge on any atom is 0.261 e. The summed E-state index contributed by atoms with van der Waals surface area (Å²) in [5, 5.41) is 0. The molecule has 0 saturated heterocycles. The first-order chi connectivity index (χ1) is 12.0. The number of hydrogen-bond donors (Lipinski definition) is 1. The Labute approximate surface area is 147 Å². The molecule has 5 heteroatoms. The van der Waals surface area contributed by atoms with Crippen LogP contribution in [0.2, 0.25) is 0 Å². The molecule has 0 saturated carbocycles. The van der Waals surface area contributed by atoms with Crippen LogP contribution in [0.4, 0.5) is 5.69 Å². The van der Waals surface area contributed by atoms with Crippen LogP contribution in [0.1, 0.15) is 17.3 Å². The molecule has 0 fully saturated rings. The number of nitrogens with one attached hydrogen (secondary N) is 1. The number of rotatable bonds is 5. The van der Waals surface area contributed by atoms with Gasteiger partial charge in [0.05, 0.1) is 4.90 Å². The number of benzene rings is 3. The van der Waals surface area contributed by atoms with Crippen molar-refractivity contribution in [2.75, 3.05) is 4.72 Å². The molecule has 0 atom stereocenters. The smallest absolute Gasteiger partial charge is 0.261 e. The number of carbonyl (C=O) groups excluding carboxylic acids is 1. The Morgan fingerprint density at radius 1 is 0.800 bits per heavy atom. The van der Waals surface area contributed by atoms with Gasteiger partial charge in [0.2, 0.25) is 0 Å². The van der Waals surface area contributed by atoms with Gasteiger partial charge in [-0.05, 0) is 42.3 Å². The predicted molar refractivity (Wildman–Crippen MR) is 99.1 cm³/mol. The van der Waals surface area contributed by atoms with Crippen LogP contribution < -0.4 is 4.72 Å². The van der Waals surface area contributed by atoms with Crippen molar-refractivity contribution in [3.63, 3.8) is 0 Å². The molecular weight excluding hydrogens is 334 g/mol. The van der Waals surface area contributed by atoms with Crippen LogP contribution in [0.3, 0.4) is 0 Å². The second kappa shape index (κ2) is 6.91. The molecule has 0 heterocycles. The van der Waals surface area contributed by atoms with E-state index in [0.717, 1.165) is 11.1 Å². The molecule has 3 aromatic carbocycles. The first-order valence-electron chi connectivity index (χ1n) is 7.75. The van der Waals surface area contributed by atoms with Crippen LogP contribution in [-0.4, -0.2) is 14.2 Å². The van der Waals surface area contributed by atoms with Crippen LogP contribution in [-0.2, 0) is 10.0 Å². The maximum absolute atomic E-state index is 12.5. The average Bonchev–Trinajstić information content (AvgIpc) is 2.63. The SMILES string of the molecule is CC(=O)c1cccc(S(=O)(=O)Nc2ccc(-c3ccccc3)cc2)c1. The molecule has 0 amide bonds. The van der Waals surface area contributed by atoms with Crippen molar-refractivity contribution in [3.8, 4) is 11.1 Å². The fraction of sp³-hybridized carbons (Fsp3) is 0.0500. The Morgan fingerprint density at radius 3 is 2.08 bits per heavy atom. The number of Topliss-reactive ketones (excluding diaryl/α,β-unsaturated/α-hetero) is 1. The summed E-state index contributed by atoms with van der Waals surface area (Å²) in [6.45, 7) is 1.40. The Kier molecular flexibility index (Phi) is 4.67. The minimum atomic E-state index is -3.75. The quantitative estimate of drug-likeness (QED) is 0.695.